The van der Waals surface area contributed by atoms with Gasteiger partial charge in [0.2, 0.25) is 0 Å². The molecule has 2 amide bonds. The van der Waals surface area contributed by atoms with Crippen molar-refractivity contribution in [2.24, 2.45) is 0 Å². The van der Waals surface area contributed by atoms with Crippen LogP contribution in [0.1, 0.15) is 18.4 Å². The molecule has 0 spiro atoms. The molecular weight excluding hydrogens is 351 g/mol. The number of halogens is 1. The molecule has 3 rings (SSSR count). The van der Waals surface area contributed by atoms with E-state index in [-0.39, 0.29) is 18.0 Å². The minimum absolute atomic E-state index is 0.0974. The highest BCUT2D eigenvalue weighted by Gasteiger charge is 2.23. The summed E-state index contributed by atoms with van der Waals surface area (Å²) in [7, 11) is 1.68. The van der Waals surface area contributed by atoms with Gasteiger partial charge in [-0.1, -0.05) is 30.3 Å². The Labute approximate surface area is 157 Å². The first-order valence-corrected chi connectivity index (χ1v) is 9.70. The highest BCUT2D eigenvalue weighted by molar-refractivity contribution is 7.98. The number of nitrogens with zero attached hydrogens (tertiary/aromatic N) is 1. The highest BCUT2D eigenvalue weighted by atomic mass is 32.2. The molecule has 1 heterocycles. The molecule has 0 aromatic heterocycles. The van der Waals surface area contributed by atoms with Crippen molar-refractivity contribution in [3.63, 3.8) is 0 Å². The number of urea groups is 1. The van der Waals surface area contributed by atoms with Crippen LogP contribution in [-0.2, 0) is 10.5 Å². The van der Waals surface area contributed by atoms with E-state index >= 15 is 0 Å². The summed E-state index contributed by atoms with van der Waals surface area (Å²) in [5.41, 5.74) is 1.40. The summed E-state index contributed by atoms with van der Waals surface area (Å²) in [4.78, 5) is 15.3. The summed E-state index contributed by atoms with van der Waals surface area (Å²) in [5.74, 6) is 0.301. The molecule has 6 heteroatoms. The number of likely N-dealkylation sites (tertiary alicyclic amines) is 1. The number of thioether (sulfide) groups is 1. The highest BCUT2D eigenvalue weighted by Crippen LogP contribution is 2.30. The van der Waals surface area contributed by atoms with Crippen LogP contribution in [0.25, 0.3) is 0 Å². The molecule has 2 aromatic rings. The summed E-state index contributed by atoms with van der Waals surface area (Å²) in [6, 6.07) is 14.3. The Morgan fingerprint density at radius 2 is 2.04 bits per heavy atom. The third-order valence-corrected chi connectivity index (χ3v) is 5.59. The minimum Gasteiger partial charge on any atom is -0.380 e. The van der Waals surface area contributed by atoms with E-state index in [1.807, 2.05) is 30.3 Å². The van der Waals surface area contributed by atoms with Crippen molar-refractivity contribution >= 4 is 23.5 Å². The van der Waals surface area contributed by atoms with E-state index in [1.165, 1.54) is 17.8 Å². The number of nitrogens with one attached hydrogen (secondary N) is 1. The summed E-state index contributed by atoms with van der Waals surface area (Å²) in [5, 5.41) is 2.99. The Kier molecular flexibility index (Phi) is 6.52. The Morgan fingerprint density at radius 1 is 1.27 bits per heavy atom. The molecule has 4 nitrogen and oxygen atoms in total. The SMILES string of the molecule is CO[C@@H]1CCCN(C(=O)Nc2ccccc2SCc2ccccc2F)C1. The molecule has 0 radical (unpaired) electrons. The number of para-hydroxylation sites is 1. The molecule has 1 aliphatic rings. The summed E-state index contributed by atoms with van der Waals surface area (Å²) >= 11 is 1.51. The zero-order valence-electron chi connectivity index (χ0n) is 14.8. The Hall–Kier alpha value is -2.05. The number of amides is 2. The first-order valence-electron chi connectivity index (χ1n) is 8.71. The second-order valence-corrected chi connectivity index (χ2v) is 7.27. The lowest BCUT2D eigenvalue weighted by Gasteiger charge is -2.32. The topological polar surface area (TPSA) is 41.6 Å². The number of carbonyl (C=O) groups excluding carboxylic acids is 1. The Bertz CT molecular complexity index is 756. The molecule has 1 saturated heterocycles. The van der Waals surface area contributed by atoms with Crippen LogP contribution in [-0.4, -0.2) is 37.2 Å². The standard InChI is InChI=1S/C20H23FN2O2S/c1-25-16-8-6-12-23(13-16)20(24)22-18-10-4-5-11-19(18)26-14-15-7-2-3-9-17(15)21/h2-5,7,9-11,16H,6,8,12-14H2,1H3,(H,22,24)/t16-/m1/s1. The number of hydrogen-bond acceptors (Lipinski definition) is 3. The molecule has 1 atom stereocenters. The van der Waals surface area contributed by atoms with Crippen molar-refractivity contribution < 1.29 is 13.9 Å². The molecule has 0 saturated carbocycles. The fraction of sp³-hybridized carbons (Fsp3) is 0.350. The van der Waals surface area contributed by atoms with E-state index in [0.29, 0.717) is 17.9 Å². The van der Waals surface area contributed by atoms with Gasteiger partial charge in [0, 0.05) is 30.8 Å². The summed E-state index contributed by atoms with van der Waals surface area (Å²) in [6.45, 7) is 1.34. The lowest BCUT2D eigenvalue weighted by Crippen LogP contribution is -2.44. The van der Waals surface area contributed by atoms with Gasteiger partial charge in [0.15, 0.2) is 0 Å². The third-order valence-electron chi connectivity index (χ3n) is 4.47. The third kappa shape index (κ3) is 4.77. The van der Waals surface area contributed by atoms with Crippen LogP contribution in [0.15, 0.2) is 53.4 Å². The predicted molar refractivity (Wildman–Crippen MR) is 103 cm³/mol. The van der Waals surface area contributed by atoms with Crippen molar-refractivity contribution in [3.8, 4) is 0 Å². The van der Waals surface area contributed by atoms with Gasteiger partial charge >= 0.3 is 6.03 Å². The van der Waals surface area contributed by atoms with E-state index in [2.05, 4.69) is 5.32 Å². The number of carbonyl (C=O) groups is 1. The first kappa shape index (κ1) is 18.7. The minimum atomic E-state index is -0.208. The molecule has 0 unspecified atom stereocenters. The van der Waals surface area contributed by atoms with Gasteiger partial charge in [-0.3, -0.25) is 0 Å². The predicted octanol–water partition coefficient (Wildman–Crippen LogP) is 4.76. The van der Waals surface area contributed by atoms with Crippen LogP contribution in [0.4, 0.5) is 14.9 Å². The molecule has 26 heavy (non-hydrogen) atoms. The van der Waals surface area contributed by atoms with Gasteiger partial charge in [-0.05, 0) is 36.6 Å². The fourth-order valence-corrected chi connectivity index (χ4v) is 3.97. The quantitative estimate of drug-likeness (QED) is 0.767. The van der Waals surface area contributed by atoms with Gasteiger partial charge in [-0.2, -0.15) is 0 Å². The number of methoxy groups -OCH3 is 1. The summed E-state index contributed by atoms with van der Waals surface area (Å²) in [6.07, 6.45) is 2.02. The van der Waals surface area contributed by atoms with Crippen LogP contribution >= 0.6 is 11.8 Å². The molecule has 1 N–H and O–H groups in total. The second-order valence-electron chi connectivity index (χ2n) is 6.25. The van der Waals surface area contributed by atoms with E-state index in [4.69, 9.17) is 4.74 Å². The van der Waals surface area contributed by atoms with Crippen LogP contribution in [0.5, 0.6) is 0 Å². The largest absolute Gasteiger partial charge is 0.380 e. The Morgan fingerprint density at radius 3 is 2.85 bits per heavy atom. The summed E-state index contributed by atoms with van der Waals surface area (Å²) < 4.78 is 19.2. The van der Waals surface area contributed by atoms with E-state index < -0.39 is 0 Å². The second kappa shape index (κ2) is 9.05. The molecule has 0 bridgehead atoms. The zero-order chi connectivity index (χ0) is 18.4. The van der Waals surface area contributed by atoms with E-state index in [9.17, 15) is 9.18 Å². The van der Waals surface area contributed by atoms with Gasteiger partial charge in [0.05, 0.1) is 11.8 Å². The molecule has 1 aliphatic heterocycles. The van der Waals surface area contributed by atoms with Crippen molar-refractivity contribution in [2.45, 2.75) is 29.6 Å². The normalized spacial score (nSPS) is 17.2. The van der Waals surface area contributed by atoms with Crippen LogP contribution in [0.3, 0.4) is 0 Å². The smallest absolute Gasteiger partial charge is 0.321 e. The van der Waals surface area contributed by atoms with E-state index in [1.54, 1.807) is 24.1 Å². The van der Waals surface area contributed by atoms with Gasteiger partial charge in [-0.15, -0.1) is 11.8 Å². The lowest BCUT2D eigenvalue weighted by atomic mass is 10.1. The fourth-order valence-electron chi connectivity index (χ4n) is 2.98. The maximum absolute atomic E-state index is 13.8. The van der Waals surface area contributed by atoms with Gasteiger partial charge in [0.1, 0.15) is 5.82 Å². The van der Waals surface area contributed by atoms with Crippen molar-refractivity contribution in [3.05, 3.63) is 59.9 Å². The molecule has 138 valence electrons. The maximum atomic E-state index is 13.8. The van der Waals surface area contributed by atoms with E-state index in [0.717, 1.165) is 30.0 Å². The molecule has 2 aromatic carbocycles. The molecule has 0 aliphatic carbocycles. The zero-order valence-corrected chi connectivity index (χ0v) is 15.6. The van der Waals surface area contributed by atoms with Gasteiger partial charge < -0.3 is 15.0 Å². The molecule has 1 fully saturated rings. The first-order chi connectivity index (χ1) is 12.7. The van der Waals surface area contributed by atoms with Crippen molar-refractivity contribution in [2.75, 3.05) is 25.5 Å². The van der Waals surface area contributed by atoms with Crippen LogP contribution in [0, 0.1) is 5.82 Å². The van der Waals surface area contributed by atoms with Crippen LogP contribution in [0.2, 0.25) is 0 Å². The Balaban J connectivity index is 1.65. The average Bonchev–Trinajstić information content (AvgIpc) is 2.68. The lowest BCUT2D eigenvalue weighted by molar-refractivity contribution is 0.0458. The average molecular weight is 374 g/mol. The van der Waals surface area contributed by atoms with Crippen molar-refractivity contribution in [1.82, 2.24) is 4.90 Å². The van der Waals surface area contributed by atoms with Gasteiger partial charge in [-0.25, -0.2) is 9.18 Å². The number of benzene rings is 2. The molecular formula is C20H23FN2O2S. The number of rotatable bonds is 5. The number of ether oxygens (including phenoxy) is 1. The van der Waals surface area contributed by atoms with Crippen molar-refractivity contribution in [1.29, 1.82) is 0 Å². The maximum Gasteiger partial charge on any atom is 0.321 e. The number of anilines is 1. The number of piperidine rings is 1. The number of hydrogen-bond donors (Lipinski definition) is 1. The van der Waals surface area contributed by atoms with Crippen LogP contribution < -0.4 is 5.32 Å². The van der Waals surface area contributed by atoms with Gasteiger partial charge in [0.25, 0.3) is 0 Å². The monoisotopic (exact) mass is 374 g/mol.